The van der Waals surface area contributed by atoms with Gasteiger partial charge in [0.05, 0.1) is 5.39 Å². The Bertz CT molecular complexity index is 979. The maximum absolute atomic E-state index is 13.2. The van der Waals surface area contributed by atoms with Gasteiger partial charge in [0.25, 0.3) is 11.5 Å². The Balaban J connectivity index is 2.08. The number of aryl methyl sites for hydroxylation is 2. The van der Waals surface area contributed by atoms with Crippen molar-refractivity contribution in [3.63, 3.8) is 0 Å². The highest BCUT2D eigenvalue weighted by Gasteiger charge is 2.16. The second-order valence-electron chi connectivity index (χ2n) is 5.24. The molecule has 0 spiro atoms. The summed E-state index contributed by atoms with van der Waals surface area (Å²) in [6.45, 7) is 1.70. The van der Waals surface area contributed by atoms with Gasteiger partial charge in [0, 0.05) is 18.1 Å². The van der Waals surface area contributed by atoms with Crippen molar-refractivity contribution >= 4 is 22.4 Å². The molecule has 0 fully saturated rings. The van der Waals surface area contributed by atoms with Gasteiger partial charge in [-0.25, -0.2) is 9.07 Å². The Morgan fingerprint density at radius 3 is 2.57 bits per heavy atom. The minimum atomic E-state index is -0.452. The van der Waals surface area contributed by atoms with Crippen LogP contribution in [0.4, 0.5) is 10.1 Å². The Labute approximate surface area is 131 Å². The van der Waals surface area contributed by atoms with Gasteiger partial charge in [0.2, 0.25) is 0 Å². The maximum atomic E-state index is 13.2. The molecule has 0 aliphatic carbocycles. The highest BCUT2D eigenvalue weighted by molar-refractivity contribution is 6.11. The summed E-state index contributed by atoms with van der Waals surface area (Å²) < 4.78 is 14.3. The third-order valence-electron chi connectivity index (χ3n) is 3.61. The number of aromatic nitrogens is 2. The number of nitrogens with zero attached hydrogens (tertiary/aromatic N) is 2. The van der Waals surface area contributed by atoms with Crippen LogP contribution in [0.3, 0.4) is 0 Å². The molecule has 23 heavy (non-hydrogen) atoms. The summed E-state index contributed by atoms with van der Waals surface area (Å²) in [4.78, 5) is 24.6. The first-order chi connectivity index (χ1) is 11.0. The van der Waals surface area contributed by atoms with E-state index in [-0.39, 0.29) is 17.1 Å². The molecule has 2 aromatic carbocycles. The Morgan fingerprint density at radius 2 is 1.87 bits per heavy atom. The molecule has 6 heteroatoms. The zero-order valence-electron chi connectivity index (χ0n) is 12.6. The van der Waals surface area contributed by atoms with Gasteiger partial charge in [0.15, 0.2) is 5.69 Å². The van der Waals surface area contributed by atoms with Crippen LogP contribution in [0, 0.1) is 12.7 Å². The number of amides is 1. The van der Waals surface area contributed by atoms with Crippen LogP contribution >= 0.6 is 0 Å². The lowest BCUT2D eigenvalue weighted by Gasteiger charge is -2.10. The maximum Gasteiger partial charge on any atom is 0.276 e. The first-order valence-corrected chi connectivity index (χ1v) is 7.01. The quantitative estimate of drug-likeness (QED) is 0.791. The molecule has 1 aromatic heterocycles. The van der Waals surface area contributed by atoms with Crippen molar-refractivity contribution in [2.45, 2.75) is 6.92 Å². The molecule has 3 rings (SSSR count). The van der Waals surface area contributed by atoms with Crippen LogP contribution < -0.4 is 10.9 Å². The molecule has 0 aliphatic rings. The lowest BCUT2D eigenvalue weighted by atomic mass is 10.1. The number of carbonyl (C=O) groups is 1. The zero-order valence-corrected chi connectivity index (χ0v) is 12.6. The van der Waals surface area contributed by atoms with Crippen molar-refractivity contribution in [3.05, 3.63) is 69.9 Å². The number of hydrogen-bond acceptors (Lipinski definition) is 3. The van der Waals surface area contributed by atoms with Crippen LogP contribution in [-0.2, 0) is 7.05 Å². The summed E-state index contributed by atoms with van der Waals surface area (Å²) >= 11 is 0. The van der Waals surface area contributed by atoms with E-state index in [1.54, 1.807) is 31.2 Å². The van der Waals surface area contributed by atoms with Crippen molar-refractivity contribution in [2.75, 3.05) is 5.32 Å². The van der Waals surface area contributed by atoms with Crippen LogP contribution in [-0.4, -0.2) is 15.7 Å². The smallest absolute Gasteiger partial charge is 0.276 e. The molecule has 0 saturated heterocycles. The normalized spacial score (nSPS) is 10.7. The van der Waals surface area contributed by atoms with Gasteiger partial charge in [-0.2, -0.15) is 5.10 Å². The second kappa shape index (κ2) is 5.64. The third kappa shape index (κ3) is 2.70. The average molecular weight is 311 g/mol. The average Bonchev–Trinajstić information content (AvgIpc) is 2.53. The van der Waals surface area contributed by atoms with Crippen LogP contribution in [0.5, 0.6) is 0 Å². The molecular formula is C17H14FN3O2. The number of carbonyl (C=O) groups excluding carboxylic acids is 1. The lowest BCUT2D eigenvalue weighted by molar-refractivity contribution is 0.102. The molecule has 0 saturated carbocycles. The predicted octanol–water partition coefficient (Wildman–Crippen LogP) is 2.63. The van der Waals surface area contributed by atoms with Crippen LogP contribution in [0.25, 0.3) is 10.8 Å². The first kappa shape index (κ1) is 14.9. The summed E-state index contributed by atoms with van der Waals surface area (Å²) in [5.74, 6) is -0.822. The molecule has 0 aliphatic heterocycles. The lowest BCUT2D eigenvalue weighted by Crippen LogP contribution is -2.25. The molecule has 1 heterocycles. The fourth-order valence-corrected chi connectivity index (χ4v) is 2.42. The molecule has 116 valence electrons. The minimum Gasteiger partial charge on any atom is -0.320 e. The fourth-order valence-electron chi connectivity index (χ4n) is 2.42. The Hall–Kier alpha value is -3.02. The number of rotatable bonds is 2. The van der Waals surface area contributed by atoms with Crippen LogP contribution in [0.1, 0.15) is 16.1 Å². The monoisotopic (exact) mass is 311 g/mol. The molecule has 0 atom stereocenters. The highest BCUT2D eigenvalue weighted by Crippen LogP contribution is 2.18. The molecule has 1 amide bonds. The van der Waals surface area contributed by atoms with Crippen molar-refractivity contribution in [2.24, 2.45) is 7.05 Å². The van der Waals surface area contributed by atoms with Crippen molar-refractivity contribution < 1.29 is 9.18 Å². The van der Waals surface area contributed by atoms with Crippen molar-refractivity contribution in [1.82, 2.24) is 9.78 Å². The van der Waals surface area contributed by atoms with Gasteiger partial charge < -0.3 is 5.32 Å². The van der Waals surface area contributed by atoms with Crippen molar-refractivity contribution in [1.29, 1.82) is 0 Å². The van der Waals surface area contributed by atoms with E-state index < -0.39 is 5.91 Å². The number of nitrogens with one attached hydrogen (secondary N) is 1. The van der Waals surface area contributed by atoms with Crippen molar-refractivity contribution in [3.8, 4) is 0 Å². The van der Waals surface area contributed by atoms with E-state index in [1.165, 1.54) is 25.2 Å². The summed E-state index contributed by atoms with van der Waals surface area (Å²) in [5, 5.41) is 7.67. The first-order valence-electron chi connectivity index (χ1n) is 7.01. The third-order valence-corrected chi connectivity index (χ3v) is 3.61. The Kier molecular flexibility index (Phi) is 3.65. The van der Waals surface area contributed by atoms with Gasteiger partial charge in [0.1, 0.15) is 5.82 Å². The topological polar surface area (TPSA) is 64.0 Å². The van der Waals surface area contributed by atoms with E-state index in [0.29, 0.717) is 22.0 Å². The zero-order chi connectivity index (χ0) is 16.6. The number of hydrogen-bond donors (Lipinski definition) is 1. The number of benzene rings is 2. The van der Waals surface area contributed by atoms with Crippen LogP contribution in [0.2, 0.25) is 0 Å². The van der Waals surface area contributed by atoms with E-state index in [4.69, 9.17) is 0 Å². The van der Waals surface area contributed by atoms with Gasteiger partial charge in [-0.05, 0) is 36.8 Å². The SMILES string of the molecule is Cc1cc(F)ccc1NC(=O)c1nn(C)c(=O)c2ccccc12. The van der Waals surface area contributed by atoms with Gasteiger partial charge in [-0.1, -0.05) is 18.2 Å². The summed E-state index contributed by atoms with van der Waals surface area (Å²) in [5.41, 5.74) is 0.977. The molecule has 0 unspecified atom stereocenters. The molecule has 3 aromatic rings. The van der Waals surface area contributed by atoms with Gasteiger partial charge >= 0.3 is 0 Å². The van der Waals surface area contributed by atoms with Crippen LogP contribution in [0.15, 0.2) is 47.3 Å². The molecule has 5 nitrogen and oxygen atoms in total. The highest BCUT2D eigenvalue weighted by atomic mass is 19.1. The number of halogens is 1. The van der Waals surface area contributed by atoms with E-state index >= 15 is 0 Å². The van der Waals surface area contributed by atoms with E-state index in [1.807, 2.05) is 0 Å². The molecule has 0 bridgehead atoms. The van der Waals surface area contributed by atoms with Gasteiger partial charge in [-0.3, -0.25) is 9.59 Å². The van der Waals surface area contributed by atoms with E-state index in [2.05, 4.69) is 10.4 Å². The fraction of sp³-hybridized carbons (Fsp3) is 0.118. The summed E-state index contributed by atoms with van der Waals surface area (Å²) in [6.07, 6.45) is 0. The van der Waals surface area contributed by atoms with E-state index in [0.717, 1.165) is 4.68 Å². The Morgan fingerprint density at radius 1 is 1.17 bits per heavy atom. The van der Waals surface area contributed by atoms with Gasteiger partial charge in [-0.15, -0.1) is 0 Å². The summed E-state index contributed by atoms with van der Waals surface area (Å²) in [7, 11) is 1.49. The number of anilines is 1. The largest absolute Gasteiger partial charge is 0.320 e. The molecule has 0 radical (unpaired) electrons. The molecule has 1 N–H and O–H groups in total. The standard InChI is InChI=1S/C17H14FN3O2/c1-10-9-11(18)7-8-14(10)19-16(22)15-12-5-3-4-6-13(12)17(23)21(2)20-15/h3-9H,1-2H3,(H,19,22). The van der Waals surface area contributed by atoms with E-state index in [9.17, 15) is 14.0 Å². The minimum absolute atomic E-state index is 0.145. The predicted molar refractivity (Wildman–Crippen MR) is 86.1 cm³/mol. The second-order valence-corrected chi connectivity index (χ2v) is 5.24. The number of fused-ring (bicyclic) bond motifs is 1. The summed E-state index contributed by atoms with van der Waals surface area (Å²) in [6, 6.07) is 10.9. The molecular weight excluding hydrogens is 297 g/mol.